The van der Waals surface area contributed by atoms with Gasteiger partial charge in [-0.1, -0.05) is 19.8 Å². The van der Waals surface area contributed by atoms with Crippen LogP contribution in [0.5, 0.6) is 0 Å². The molecule has 68 valence electrons. The second kappa shape index (κ2) is 5.62. The van der Waals surface area contributed by atoms with Gasteiger partial charge in [0.1, 0.15) is 6.04 Å². The predicted octanol–water partition coefficient (Wildman–Crippen LogP) is 0.407. The molecule has 0 saturated heterocycles. The molecule has 0 saturated carbocycles. The van der Waals surface area contributed by atoms with Crippen molar-refractivity contribution in [2.75, 3.05) is 13.7 Å². The zero-order valence-electron chi connectivity index (χ0n) is 7.76. The molecule has 0 spiro atoms. The van der Waals surface area contributed by atoms with Crippen molar-refractivity contribution in [1.29, 1.82) is 0 Å². The molecule has 0 heterocycles. The van der Waals surface area contributed by atoms with E-state index in [4.69, 9.17) is 6.42 Å². The van der Waals surface area contributed by atoms with Gasteiger partial charge in [-0.05, 0) is 5.92 Å². The van der Waals surface area contributed by atoms with Gasteiger partial charge in [0.15, 0.2) is 0 Å². The van der Waals surface area contributed by atoms with Gasteiger partial charge in [-0.3, -0.25) is 10.1 Å². The van der Waals surface area contributed by atoms with E-state index >= 15 is 0 Å². The van der Waals surface area contributed by atoms with Gasteiger partial charge in [-0.2, -0.15) is 0 Å². The van der Waals surface area contributed by atoms with Crippen LogP contribution < -0.4 is 5.32 Å². The number of nitrogens with one attached hydrogen (secondary N) is 1. The Kier molecular flexibility index (Phi) is 5.14. The summed E-state index contributed by atoms with van der Waals surface area (Å²) in [6, 6.07) is -0.300. The van der Waals surface area contributed by atoms with E-state index in [0.717, 1.165) is 0 Å². The topological polar surface area (TPSA) is 38.3 Å². The average molecular weight is 169 g/mol. The maximum Gasteiger partial charge on any atom is 0.323 e. The lowest BCUT2D eigenvalue weighted by atomic mass is 10.1. The van der Waals surface area contributed by atoms with Crippen molar-refractivity contribution in [2.45, 2.75) is 19.9 Å². The maximum absolute atomic E-state index is 11.1. The average Bonchev–Trinajstić information content (AvgIpc) is 2.04. The van der Waals surface area contributed by atoms with E-state index in [-0.39, 0.29) is 17.9 Å². The van der Waals surface area contributed by atoms with E-state index in [1.54, 1.807) is 0 Å². The molecule has 0 aromatic heterocycles. The molecular formula is C9H15NO2. The van der Waals surface area contributed by atoms with Gasteiger partial charge in [0, 0.05) is 0 Å². The Labute approximate surface area is 73.5 Å². The molecule has 3 nitrogen and oxygen atoms in total. The van der Waals surface area contributed by atoms with Crippen LogP contribution in [-0.2, 0) is 9.53 Å². The fraction of sp³-hybridized carbons (Fsp3) is 0.667. The Morgan fingerprint density at radius 2 is 2.25 bits per heavy atom. The molecule has 0 rings (SSSR count). The fourth-order valence-corrected chi connectivity index (χ4v) is 0.887. The van der Waals surface area contributed by atoms with Crippen molar-refractivity contribution in [1.82, 2.24) is 5.32 Å². The molecule has 0 aromatic carbocycles. The highest BCUT2D eigenvalue weighted by Gasteiger charge is 2.21. The van der Waals surface area contributed by atoms with Crippen molar-refractivity contribution in [3.63, 3.8) is 0 Å². The zero-order chi connectivity index (χ0) is 9.56. The van der Waals surface area contributed by atoms with Crippen LogP contribution in [0.1, 0.15) is 13.8 Å². The summed E-state index contributed by atoms with van der Waals surface area (Å²) in [5.74, 6) is 2.34. The minimum Gasteiger partial charge on any atom is -0.468 e. The van der Waals surface area contributed by atoms with Gasteiger partial charge in [-0.25, -0.2) is 0 Å². The van der Waals surface area contributed by atoms with E-state index in [1.807, 2.05) is 13.8 Å². The molecule has 1 unspecified atom stereocenters. The van der Waals surface area contributed by atoms with Crippen LogP contribution in [-0.4, -0.2) is 25.7 Å². The minimum absolute atomic E-state index is 0.186. The summed E-state index contributed by atoms with van der Waals surface area (Å²) >= 11 is 0. The van der Waals surface area contributed by atoms with Crippen LogP contribution >= 0.6 is 0 Å². The van der Waals surface area contributed by atoms with E-state index in [9.17, 15) is 4.79 Å². The number of carbonyl (C=O) groups excluding carboxylic acids is 1. The van der Waals surface area contributed by atoms with Gasteiger partial charge in [-0.15, -0.1) is 6.42 Å². The Balaban J connectivity index is 4.06. The molecular weight excluding hydrogens is 154 g/mol. The first-order valence-corrected chi connectivity index (χ1v) is 3.88. The number of carbonyl (C=O) groups is 1. The number of ether oxygens (including phenoxy) is 1. The number of methoxy groups -OCH3 is 1. The first kappa shape index (κ1) is 11.0. The van der Waals surface area contributed by atoms with Crippen LogP contribution in [0.3, 0.4) is 0 Å². The molecule has 12 heavy (non-hydrogen) atoms. The van der Waals surface area contributed by atoms with Crippen molar-refractivity contribution >= 4 is 5.97 Å². The van der Waals surface area contributed by atoms with Crippen molar-refractivity contribution in [3.05, 3.63) is 0 Å². The zero-order valence-corrected chi connectivity index (χ0v) is 7.76. The molecule has 0 fully saturated rings. The molecule has 0 aliphatic heterocycles. The summed E-state index contributed by atoms with van der Waals surface area (Å²) in [6.45, 7) is 4.26. The number of hydrogen-bond acceptors (Lipinski definition) is 3. The summed E-state index contributed by atoms with van der Waals surface area (Å²) in [4.78, 5) is 11.1. The van der Waals surface area contributed by atoms with E-state index in [1.165, 1.54) is 7.11 Å². The predicted molar refractivity (Wildman–Crippen MR) is 47.5 cm³/mol. The normalized spacial score (nSPS) is 12.2. The largest absolute Gasteiger partial charge is 0.468 e. The second-order valence-corrected chi connectivity index (χ2v) is 2.83. The molecule has 0 aliphatic carbocycles. The first-order valence-electron chi connectivity index (χ1n) is 3.88. The quantitative estimate of drug-likeness (QED) is 0.489. The Morgan fingerprint density at radius 3 is 2.58 bits per heavy atom. The monoisotopic (exact) mass is 169 g/mol. The van der Waals surface area contributed by atoms with Gasteiger partial charge in [0.05, 0.1) is 13.7 Å². The third kappa shape index (κ3) is 3.40. The molecule has 3 heteroatoms. The Bertz CT molecular complexity index is 181. The smallest absolute Gasteiger partial charge is 0.323 e. The molecule has 0 aliphatic rings. The summed E-state index contributed by atoms with van der Waals surface area (Å²) in [5, 5.41) is 2.91. The van der Waals surface area contributed by atoms with Crippen LogP contribution in [0.4, 0.5) is 0 Å². The second-order valence-electron chi connectivity index (χ2n) is 2.83. The molecule has 1 atom stereocenters. The molecule has 0 amide bonds. The number of terminal acetylenes is 1. The van der Waals surface area contributed by atoms with E-state index < -0.39 is 0 Å². The summed E-state index contributed by atoms with van der Waals surface area (Å²) in [5.41, 5.74) is 0. The lowest BCUT2D eigenvalue weighted by Crippen LogP contribution is -2.41. The SMILES string of the molecule is C#CCNC(C(=O)OC)C(C)C. The van der Waals surface area contributed by atoms with Gasteiger partial charge < -0.3 is 4.74 Å². The summed E-state index contributed by atoms with van der Waals surface area (Å²) in [6.07, 6.45) is 5.05. The van der Waals surface area contributed by atoms with Crippen LogP contribution in [0.2, 0.25) is 0 Å². The molecule has 0 bridgehead atoms. The number of rotatable bonds is 4. The van der Waals surface area contributed by atoms with Crippen LogP contribution in [0.15, 0.2) is 0 Å². The first-order chi connectivity index (χ1) is 5.63. The summed E-state index contributed by atoms with van der Waals surface area (Å²) in [7, 11) is 1.37. The maximum atomic E-state index is 11.1. The van der Waals surface area contributed by atoms with E-state index in [2.05, 4.69) is 16.0 Å². The van der Waals surface area contributed by atoms with Crippen molar-refractivity contribution in [2.24, 2.45) is 5.92 Å². The Morgan fingerprint density at radius 1 is 1.67 bits per heavy atom. The summed E-state index contributed by atoms with van der Waals surface area (Å²) < 4.78 is 4.60. The molecule has 0 radical (unpaired) electrons. The molecule has 1 N–H and O–H groups in total. The third-order valence-corrected chi connectivity index (χ3v) is 1.55. The highest BCUT2D eigenvalue weighted by Crippen LogP contribution is 2.02. The fourth-order valence-electron chi connectivity index (χ4n) is 0.887. The minimum atomic E-state index is -0.300. The number of hydrogen-bond donors (Lipinski definition) is 1. The Hall–Kier alpha value is -1.01. The third-order valence-electron chi connectivity index (χ3n) is 1.55. The van der Waals surface area contributed by atoms with Gasteiger partial charge in [0.2, 0.25) is 0 Å². The van der Waals surface area contributed by atoms with E-state index in [0.29, 0.717) is 6.54 Å². The van der Waals surface area contributed by atoms with Gasteiger partial charge in [0.25, 0.3) is 0 Å². The highest BCUT2D eigenvalue weighted by molar-refractivity contribution is 5.75. The lowest BCUT2D eigenvalue weighted by Gasteiger charge is -2.18. The standard InChI is InChI=1S/C9H15NO2/c1-5-6-10-8(7(2)3)9(11)12-4/h1,7-8,10H,6H2,2-4H3. The lowest BCUT2D eigenvalue weighted by molar-refractivity contribution is -0.144. The van der Waals surface area contributed by atoms with Gasteiger partial charge >= 0.3 is 5.97 Å². The highest BCUT2D eigenvalue weighted by atomic mass is 16.5. The van der Waals surface area contributed by atoms with Crippen LogP contribution in [0, 0.1) is 18.3 Å². The number of esters is 1. The molecule has 0 aromatic rings. The van der Waals surface area contributed by atoms with Crippen molar-refractivity contribution in [3.8, 4) is 12.3 Å². The van der Waals surface area contributed by atoms with Crippen LogP contribution in [0.25, 0.3) is 0 Å². The van der Waals surface area contributed by atoms with Crippen molar-refractivity contribution < 1.29 is 9.53 Å².